The first kappa shape index (κ1) is 12.5. The smallest absolute Gasteiger partial charge is 0.0503 e. The Kier molecular flexibility index (Phi) is 4.24. The second kappa shape index (κ2) is 6.09. The van der Waals surface area contributed by atoms with E-state index in [0.29, 0.717) is 0 Å². The average Bonchev–Trinajstić information content (AvgIpc) is 3.09. The van der Waals surface area contributed by atoms with Gasteiger partial charge in [0.25, 0.3) is 0 Å². The lowest BCUT2D eigenvalue weighted by atomic mass is 10.2. The maximum Gasteiger partial charge on any atom is 0.0503 e. The van der Waals surface area contributed by atoms with Gasteiger partial charge in [-0.2, -0.15) is 0 Å². The minimum absolute atomic E-state index is 0.753. The van der Waals surface area contributed by atoms with Crippen LogP contribution in [0.1, 0.15) is 24.8 Å². The van der Waals surface area contributed by atoms with Crippen molar-refractivity contribution in [3.05, 3.63) is 29.8 Å². The Labute approximate surface area is 113 Å². The van der Waals surface area contributed by atoms with E-state index in [-0.39, 0.29) is 0 Å². The Balaban J connectivity index is 1.49. The fourth-order valence-electron chi connectivity index (χ4n) is 2.22. The Morgan fingerprint density at radius 1 is 1.28 bits per heavy atom. The average molecular weight is 263 g/mol. The van der Waals surface area contributed by atoms with Crippen LogP contribution in [0, 0.1) is 5.92 Å². The molecule has 0 spiro atoms. The maximum absolute atomic E-state index is 5.42. The highest BCUT2D eigenvalue weighted by molar-refractivity contribution is 7.99. The van der Waals surface area contributed by atoms with Gasteiger partial charge >= 0.3 is 0 Å². The lowest BCUT2D eigenvalue weighted by Gasteiger charge is -2.09. The molecule has 0 aromatic heterocycles. The summed E-state index contributed by atoms with van der Waals surface area (Å²) in [5, 5.41) is 3.57. The summed E-state index contributed by atoms with van der Waals surface area (Å²) >= 11 is 1.97. The minimum Gasteiger partial charge on any atom is -0.381 e. The first-order valence-electron chi connectivity index (χ1n) is 6.93. The Bertz CT molecular complexity index is 386. The van der Waals surface area contributed by atoms with Crippen LogP contribution in [-0.2, 0) is 11.3 Å². The van der Waals surface area contributed by atoms with Crippen molar-refractivity contribution in [2.75, 3.05) is 19.0 Å². The molecule has 1 N–H and O–H groups in total. The molecule has 3 heteroatoms. The van der Waals surface area contributed by atoms with Crippen LogP contribution in [0.15, 0.2) is 29.2 Å². The molecule has 1 saturated heterocycles. The fourth-order valence-corrected chi connectivity index (χ4v) is 3.32. The van der Waals surface area contributed by atoms with E-state index in [1.54, 1.807) is 0 Å². The third-order valence-electron chi connectivity index (χ3n) is 3.58. The zero-order valence-electron chi connectivity index (χ0n) is 10.7. The largest absolute Gasteiger partial charge is 0.381 e. The summed E-state index contributed by atoms with van der Waals surface area (Å²) in [6.45, 7) is 2.93. The van der Waals surface area contributed by atoms with E-state index in [1.165, 1.54) is 35.5 Å². The first-order chi connectivity index (χ1) is 8.90. The number of hydrogen-bond donors (Lipinski definition) is 1. The molecule has 3 rings (SSSR count). The molecule has 0 radical (unpaired) electrons. The molecule has 2 fully saturated rings. The molecule has 1 aliphatic heterocycles. The van der Waals surface area contributed by atoms with E-state index in [9.17, 15) is 0 Å². The quantitative estimate of drug-likeness (QED) is 0.797. The van der Waals surface area contributed by atoms with Crippen molar-refractivity contribution in [2.24, 2.45) is 5.92 Å². The predicted molar refractivity (Wildman–Crippen MR) is 76.0 cm³/mol. The topological polar surface area (TPSA) is 21.3 Å². The predicted octanol–water partition coefficient (Wildman–Crippen LogP) is 3.07. The summed E-state index contributed by atoms with van der Waals surface area (Å²) in [7, 11) is 0. The zero-order valence-corrected chi connectivity index (χ0v) is 11.5. The molecule has 0 amide bonds. The van der Waals surface area contributed by atoms with Gasteiger partial charge in [-0.05, 0) is 42.9 Å². The van der Waals surface area contributed by atoms with Gasteiger partial charge in [0, 0.05) is 29.8 Å². The second-order valence-corrected chi connectivity index (χ2v) is 6.44. The molecule has 1 saturated carbocycles. The lowest BCUT2D eigenvalue weighted by Crippen LogP contribution is -2.15. The van der Waals surface area contributed by atoms with Crippen molar-refractivity contribution in [2.45, 2.75) is 36.7 Å². The highest BCUT2D eigenvalue weighted by Gasteiger charge is 2.20. The van der Waals surface area contributed by atoms with Crippen LogP contribution in [0.4, 0.5) is 0 Å². The van der Waals surface area contributed by atoms with Crippen molar-refractivity contribution in [1.29, 1.82) is 0 Å². The van der Waals surface area contributed by atoms with Gasteiger partial charge in [0.1, 0.15) is 0 Å². The van der Waals surface area contributed by atoms with Crippen LogP contribution in [0.25, 0.3) is 0 Å². The summed E-state index contributed by atoms with van der Waals surface area (Å²) in [5.41, 5.74) is 1.41. The molecule has 2 aliphatic rings. The van der Waals surface area contributed by atoms with Gasteiger partial charge in [-0.15, -0.1) is 11.8 Å². The standard InChI is InChI=1S/C15H21NOS/c1-2-12(9-16-14-4-5-14)8-15(3-1)18-11-13-6-7-17-10-13/h1-3,8,13-14,16H,4-7,9-11H2. The molecular formula is C15H21NOS. The third kappa shape index (κ3) is 3.74. The Morgan fingerprint density at radius 3 is 3.00 bits per heavy atom. The van der Waals surface area contributed by atoms with Crippen LogP contribution in [0.5, 0.6) is 0 Å². The van der Waals surface area contributed by atoms with E-state index in [1.807, 2.05) is 11.8 Å². The second-order valence-electron chi connectivity index (χ2n) is 5.34. The Hall–Kier alpha value is -0.510. The maximum atomic E-state index is 5.42. The van der Waals surface area contributed by atoms with Crippen molar-refractivity contribution in [3.8, 4) is 0 Å². The number of nitrogens with one attached hydrogen (secondary N) is 1. The van der Waals surface area contributed by atoms with E-state index in [4.69, 9.17) is 4.74 Å². The minimum atomic E-state index is 0.753. The van der Waals surface area contributed by atoms with E-state index in [2.05, 4.69) is 29.6 Å². The fraction of sp³-hybridized carbons (Fsp3) is 0.600. The van der Waals surface area contributed by atoms with Gasteiger partial charge in [0.2, 0.25) is 0 Å². The van der Waals surface area contributed by atoms with Gasteiger partial charge in [-0.1, -0.05) is 12.1 Å². The molecule has 1 aromatic carbocycles. The van der Waals surface area contributed by atoms with Crippen LogP contribution in [-0.4, -0.2) is 25.0 Å². The summed E-state index contributed by atoms with van der Waals surface area (Å²) in [5.74, 6) is 1.95. The molecule has 2 nitrogen and oxygen atoms in total. The molecule has 0 bridgehead atoms. The SMILES string of the molecule is c1cc(CNC2CC2)cc(SCC2CCOC2)c1. The normalized spacial score (nSPS) is 23.4. The number of thioether (sulfide) groups is 1. The molecule has 1 unspecified atom stereocenters. The van der Waals surface area contributed by atoms with Crippen molar-refractivity contribution in [3.63, 3.8) is 0 Å². The van der Waals surface area contributed by atoms with Gasteiger partial charge < -0.3 is 10.1 Å². The number of benzene rings is 1. The number of ether oxygens (including phenoxy) is 1. The summed E-state index contributed by atoms with van der Waals surface area (Å²) in [6, 6.07) is 9.74. The van der Waals surface area contributed by atoms with E-state index >= 15 is 0 Å². The van der Waals surface area contributed by atoms with Gasteiger partial charge in [0.05, 0.1) is 6.61 Å². The van der Waals surface area contributed by atoms with Crippen molar-refractivity contribution >= 4 is 11.8 Å². The monoisotopic (exact) mass is 263 g/mol. The van der Waals surface area contributed by atoms with Crippen LogP contribution in [0.2, 0.25) is 0 Å². The van der Waals surface area contributed by atoms with Crippen molar-refractivity contribution in [1.82, 2.24) is 5.32 Å². The molecule has 1 atom stereocenters. The van der Waals surface area contributed by atoms with Gasteiger partial charge in [0.15, 0.2) is 0 Å². The van der Waals surface area contributed by atoms with Gasteiger partial charge in [-0.25, -0.2) is 0 Å². The third-order valence-corrected chi connectivity index (χ3v) is 4.81. The van der Waals surface area contributed by atoms with Crippen LogP contribution in [0.3, 0.4) is 0 Å². The highest BCUT2D eigenvalue weighted by atomic mass is 32.2. The summed E-state index contributed by atoms with van der Waals surface area (Å²) < 4.78 is 5.42. The van der Waals surface area contributed by atoms with E-state index < -0.39 is 0 Å². The molecule has 98 valence electrons. The molecule has 1 heterocycles. The van der Waals surface area contributed by atoms with Gasteiger partial charge in [-0.3, -0.25) is 0 Å². The number of rotatable bonds is 6. The summed E-state index contributed by atoms with van der Waals surface area (Å²) in [4.78, 5) is 1.40. The van der Waals surface area contributed by atoms with E-state index in [0.717, 1.165) is 31.7 Å². The van der Waals surface area contributed by atoms with Crippen LogP contribution < -0.4 is 5.32 Å². The first-order valence-corrected chi connectivity index (χ1v) is 7.91. The molecule has 18 heavy (non-hydrogen) atoms. The van der Waals surface area contributed by atoms with Crippen molar-refractivity contribution < 1.29 is 4.74 Å². The highest BCUT2D eigenvalue weighted by Crippen LogP contribution is 2.26. The van der Waals surface area contributed by atoms with Crippen LogP contribution >= 0.6 is 11.8 Å². The number of hydrogen-bond acceptors (Lipinski definition) is 3. The lowest BCUT2D eigenvalue weighted by molar-refractivity contribution is 0.189. The molecular weight excluding hydrogens is 242 g/mol. The summed E-state index contributed by atoms with van der Waals surface area (Å²) in [6.07, 6.45) is 3.95. The molecule has 1 aromatic rings. The zero-order chi connectivity index (χ0) is 12.2. The Morgan fingerprint density at radius 2 is 2.22 bits per heavy atom. The molecule has 1 aliphatic carbocycles.